The summed E-state index contributed by atoms with van der Waals surface area (Å²) >= 11 is 6.11. The zero-order chi connectivity index (χ0) is 22.3. The molecule has 5 fully saturated rings. The molecule has 2 amide bonds. The third-order valence-corrected chi connectivity index (χ3v) is 8.99. The largest absolute Gasteiger partial charge is 0.368 e. The van der Waals surface area contributed by atoms with Gasteiger partial charge in [-0.25, -0.2) is 0 Å². The third kappa shape index (κ3) is 4.50. The first-order valence-electron chi connectivity index (χ1n) is 12.5. The number of halogens is 1. The molecule has 6 rings (SSSR count). The molecule has 6 heteroatoms. The fourth-order valence-electron chi connectivity index (χ4n) is 7.44. The molecule has 1 aliphatic heterocycles. The molecule has 4 bridgehead atoms. The number of anilines is 1. The van der Waals surface area contributed by atoms with E-state index >= 15 is 0 Å². The first kappa shape index (κ1) is 22.1. The van der Waals surface area contributed by atoms with Crippen LogP contribution in [-0.2, 0) is 9.59 Å². The molecular weight excluding hydrogens is 422 g/mol. The zero-order valence-corrected chi connectivity index (χ0v) is 19.9. The fourth-order valence-corrected chi connectivity index (χ4v) is 7.62. The first-order valence-corrected chi connectivity index (χ1v) is 12.9. The van der Waals surface area contributed by atoms with Crippen molar-refractivity contribution < 1.29 is 9.59 Å². The number of carbonyl (C=O) groups is 2. The van der Waals surface area contributed by atoms with Crippen molar-refractivity contribution in [2.75, 3.05) is 31.1 Å². The highest BCUT2D eigenvalue weighted by molar-refractivity contribution is 6.30. The molecule has 0 spiro atoms. The number of rotatable bonds is 6. The normalized spacial score (nSPS) is 32.1. The highest BCUT2D eigenvalue weighted by atomic mass is 35.5. The van der Waals surface area contributed by atoms with Crippen LogP contribution in [0, 0.1) is 23.2 Å². The van der Waals surface area contributed by atoms with Crippen LogP contribution in [0.5, 0.6) is 0 Å². The van der Waals surface area contributed by atoms with Crippen LogP contribution in [0.25, 0.3) is 0 Å². The lowest BCUT2D eigenvalue weighted by Gasteiger charge is -2.59. The molecule has 4 aliphatic carbocycles. The van der Waals surface area contributed by atoms with Crippen LogP contribution >= 0.6 is 11.6 Å². The van der Waals surface area contributed by atoms with Crippen molar-refractivity contribution in [1.29, 1.82) is 0 Å². The highest BCUT2D eigenvalue weighted by Gasteiger charge is 2.53. The van der Waals surface area contributed by atoms with Crippen molar-refractivity contribution in [3.8, 4) is 0 Å². The average molecular weight is 458 g/mol. The first-order chi connectivity index (χ1) is 15.4. The van der Waals surface area contributed by atoms with Gasteiger partial charge in [-0.05, 0) is 86.8 Å². The van der Waals surface area contributed by atoms with Crippen LogP contribution in [0.2, 0.25) is 5.02 Å². The van der Waals surface area contributed by atoms with Crippen LogP contribution in [0.3, 0.4) is 0 Å². The molecule has 0 radical (unpaired) electrons. The van der Waals surface area contributed by atoms with Crippen LogP contribution in [-0.4, -0.2) is 48.9 Å². The van der Waals surface area contributed by atoms with Crippen molar-refractivity contribution in [2.45, 2.75) is 64.3 Å². The van der Waals surface area contributed by atoms with Gasteiger partial charge in [-0.2, -0.15) is 0 Å². The van der Waals surface area contributed by atoms with E-state index in [0.717, 1.165) is 41.6 Å². The van der Waals surface area contributed by atoms with Crippen LogP contribution in [0.1, 0.15) is 58.3 Å². The summed E-state index contributed by atoms with van der Waals surface area (Å²) in [6, 6.07) is 8.07. The Labute approximate surface area is 196 Å². The Kier molecular flexibility index (Phi) is 6.13. The lowest BCUT2D eigenvalue weighted by Crippen LogP contribution is -2.55. The molecule has 1 saturated heterocycles. The highest BCUT2D eigenvalue weighted by Crippen LogP contribution is 2.61. The van der Waals surface area contributed by atoms with Gasteiger partial charge in [-0.3, -0.25) is 9.59 Å². The van der Waals surface area contributed by atoms with Crippen molar-refractivity contribution in [3.05, 3.63) is 29.3 Å². The second kappa shape index (κ2) is 8.89. The average Bonchev–Trinajstić information content (AvgIpc) is 2.76. The van der Waals surface area contributed by atoms with Crippen LogP contribution < -0.4 is 10.2 Å². The van der Waals surface area contributed by atoms with Crippen molar-refractivity contribution in [3.63, 3.8) is 0 Å². The quantitative estimate of drug-likeness (QED) is 0.684. The molecule has 1 aromatic rings. The molecular formula is C26H36ClN3O2. The molecule has 0 aromatic heterocycles. The summed E-state index contributed by atoms with van der Waals surface area (Å²) in [4.78, 5) is 29.6. The van der Waals surface area contributed by atoms with Gasteiger partial charge in [-0.15, -0.1) is 0 Å². The molecule has 1 N–H and O–H groups in total. The van der Waals surface area contributed by atoms with Gasteiger partial charge in [0.1, 0.15) is 0 Å². The second-order valence-corrected chi connectivity index (χ2v) is 11.4. The van der Waals surface area contributed by atoms with E-state index in [1.807, 2.05) is 23.1 Å². The number of hydrogen-bond donors (Lipinski definition) is 1. The molecule has 1 heterocycles. The van der Waals surface area contributed by atoms with Gasteiger partial charge in [0.2, 0.25) is 11.8 Å². The molecule has 5 aliphatic rings. The summed E-state index contributed by atoms with van der Waals surface area (Å²) in [6.07, 6.45) is 8.71. The van der Waals surface area contributed by atoms with Crippen molar-refractivity contribution in [1.82, 2.24) is 10.2 Å². The molecule has 174 valence electrons. The smallest absolute Gasteiger partial charge is 0.223 e. The molecule has 4 saturated carbocycles. The minimum atomic E-state index is 0.0409. The maximum atomic E-state index is 12.7. The SMILES string of the molecule is C[C@H](NC(=O)CCC(=O)N1CCN(c2cccc(Cl)c2)CC1)C12CC3CC(CC(C3)C1)C2. The van der Waals surface area contributed by atoms with Crippen molar-refractivity contribution >= 4 is 29.1 Å². The Morgan fingerprint density at radius 3 is 2.25 bits per heavy atom. The van der Waals surface area contributed by atoms with Gasteiger partial charge in [0, 0.05) is 55.8 Å². The molecule has 32 heavy (non-hydrogen) atoms. The number of hydrogen-bond acceptors (Lipinski definition) is 3. The Balaban J connectivity index is 1.07. The minimum Gasteiger partial charge on any atom is -0.368 e. The van der Waals surface area contributed by atoms with Gasteiger partial charge in [-0.1, -0.05) is 17.7 Å². The number of carbonyl (C=O) groups excluding carboxylic acids is 2. The fraction of sp³-hybridized carbons (Fsp3) is 0.692. The summed E-state index contributed by atoms with van der Waals surface area (Å²) in [5, 5.41) is 4.03. The van der Waals surface area contributed by atoms with E-state index in [-0.39, 0.29) is 17.9 Å². The molecule has 1 atom stereocenters. The van der Waals surface area contributed by atoms with E-state index in [0.29, 0.717) is 31.3 Å². The Hall–Kier alpha value is -1.75. The van der Waals surface area contributed by atoms with Crippen LogP contribution in [0.15, 0.2) is 24.3 Å². The summed E-state index contributed by atoms with van der Waals surface area (Å²) < 4.78 is 0. The van der Waals surface area contributed by atoms with E-state index in [9.17, 15) is 9.59 Å². The second-order valence-electron chi connectivity index (χ2n) is 10.9. The summed E-state index contributed by atoms with van der Waals surface area (Å²) in [6.45, 7) is 5.18. The summed E-state index contributed by atoms with van der Waals surface area (Å²) in [5.74, 6) is 2.78. The maximum Gasteiger partial charge on any atom is 0.223 e. The number of nitrogens with one attached hydrogen (secondary N) is 1. The number of piperazine rings is 1. The summed E-state index contributed by atoms with van der Waals surface area (Å²) in [7, 11) is 0. The van der Waals surface area contributed by atoms with Gasteiger partial charge < -0.3 is 15.1 Å². The van der Waals surface area contributed by atoms with E-state index in [2.05, 4.69) is 23.2 Å². The minimum absolute atomic E-state index is 0.0409. The van der Waals surface area contributed by atoms with Crippen LogP contribution in [0.4, 0.5) is 5.69 Å². The van der Waals surface area contributed by atoms with E-state index in [4.69, 9.17) is 11.6 Å². The number of amides is 2. The van der Waals surface area contributed by atoms with Gasteiger partial charge in [0.15, 0.2) is 0 Å². The van der Waals surface area contributed by atoms with Gasteiger partial charge in [0.25, 0.3) is 0 Å². The third-order valence-electron chi connectivity index (χ3n) is 8.75. The van der Waals surface area contributed by atoms with E-state index < -0.39 is 0 Å². The summed E-state index contributed by atoms with van der Waals surface area (Å²) in [5.41, 5.74) is 1.41. The molecule has 0 unspecified atom stereocenters. The standard InChI is InChI=1S/C26H36ClN3O2/c1-18(26-15-19-11-20(16-26)13-21(12-19)17-26)28-24(31)5-6-25(32)30-9-7-29(8-10-30)23-4-2-3-22(27)14-23/h2-4,14,18-21H,5-13,15-17H2,1H3,(H,28,31)/t18-,19?,20?,21?,26?/m0/s1. The number of nitrogens with zero attached hydrogens (tertiary/aromatic N) is 2. The van der Waals surface area contributed by atoms with E-state index in [1.165, 1.54) is 38.5 Å². The Bertz CT molecular complexity index is 829. The molecule has 1 aromatic carbocycles. The lowest BCUT2D eigenvalue weighted by atomic mass is 9.48. The zero-order valence-electron chi connectivity index (χ0n) is 19.2. The monoisotopic (exact) mass is 457 g/mol. The predicted octanol–water partition coefficient (Wildman–Crippen LogP) is 4.49. The lowest BCUT2D eigenvalue weighted by molar-refractivity contribution is -0.134. The van der Waals surface area contributed by atoms with Gasteiger partial charge in [0.05, 0.1) is 0 Å². The topological polar surface area (TPSA) is 52.7 Å². The Morgan fingerprint density at radius 1 is 1.03 bits per heavy atom. The predicted molar refractivity (Wildman–Crippen MR) is 128 cm³/mol. The number of benzene rings is 1. The van der Waals surface area contributed by atoms with Gasteiger partial charge >= 0.3 is 0 Å². The Morgan fingerprint density at radius 2 is 1.66 bits per heavy atom. The maximum absolute atomic E-state index is 12.7. The molecule has 5 nitrogen and oxygen atoms in total. The van der Waals surface area contributed by atoms with E-state index in [1.54, 1.807) is 0 Å². The van der Waals surface area contributed by atoms with Crippen molar-refractivity contribution in [2.24, 2.45) is 23.2 Å².